The maximum atomic E-state index is 14.2. The van der Waals surface area contributed by atoms with Crippen LogP contribution in [0.25, 0.3) is 11.1 Å². The summed E-state index contributed by atoms with van der Waals surface area (Å²) < 4.78 is 14.2. The molecule has 2 aromatic carbocycles. The van der Waals surface area contributed by atoms with Gasteiger partial charge in [-0.3, -0.25) is 0 Å². The van der Waals surface area contributed by atoms with Crippen LogP contribution in [-0.4, -0.2) is 36.1 Å². The van der Waals surface area contributed by atoms with E-state index in [0.29, 0.717) is 5.41 Å². The summed E-state index contributed by atoms with van der Waals surface area (Å²) in [7, 11) is 0. The lowest BCUT2D eigenvalue weighted by atomic mass is 9.73. The van der Waals surface area contributed by atoms with Gasteiger partial charge in [0.15, 0.2) is 5.82 Å². The Hall–Kier alpha value is -2.70. The molecule has 0 bridgehead atoms. The topological polar surface area (TPSA) is 53.1 Å². The first-order chi connectivity index (χ1) is 15.2. The Bertz CT molecular complexity index is 1080. The monoisotopic (exact) mass is 453 g/mol. The number of nitrogens with zero attached hydrogens (tertiary/aromatic N) is 3. The summed E-state index contributed by atoms with van der Waals surface area (Å²) >= 11 is 0. The molecule has 0 unspecified atom stereocenters. The second-order valence-corrected chi connectivity index (χ2v) is 8.68. The normalized spacial score (nSPS) is 16.9. The highest BCUT2D eigenvalue weighted by Gasteiger charge is 2.40. The van der Waals surface area contributed by atoms with Crippen molar-refractivity contribution in [2.45, 2.75) is 26.2 Å². The van der Waals surface area contributed by atoms with E-state index in [-0.39, 0.29) is 18.2 Å². The molecule has 3 aromatic rings. The summed E-state index contributed by atoms with van der Waals surface area (Å²) in [4.78, 5) is 11.2. The largest absolute Gasteiger partial charge is 0.355 e. The van der Waals surface area contributed by atoms with Crippen LogP contribution in [0.1, 0.15) is 25.3 Å². The third kappa shape index (κ3) is 4.30. The number of benzene rings is 2. The molecule has 32 heavy (non-hydrogen) atoms. The van der Waals surface area contributed by atoms with E-state index in [2.05, 4.69) is 44.6 Å². The van der Waals surface area contributed by atoms with Gasteiger partial charge in [-0.05, 0) is 54.0 Å². The molecule has 2 aliphatic heterocycles. The van der Waals surface area contributed by atoms with Crippen LogP contribution in [0, 0.1) is 11.2 Å². The Kier molecular flexibility index (Phi) is 6.63. The van der Waals surface area contributed by atoms with Crippen molar-refractivity contribution >= 4 is 29.6 Å². The predicted molar refractivity (Wildman–Crippen MR) is 131 cm³/mol. The number of nitrogens with one attached hydrogen (secondary N) is 2. The Labute approximate surface area is 194 Å². The van der Waals surface area contributed by atoms with E-state index in [1.165, 1.54) is 24.5 Å². The summed E-state index contributed by atoms with van der Waals surface area (Å²) in [6.45, 7) is 6.36. The molecule has 0 amide bonds. The number of aromatic nitrogens is 2. The zero-order valence-electron chi connectivity index (χ0n) is 18.3. The second-order valence-electron chi connectivity index (χ2n) is 8.68. The van der Waals surface area contributed by atoms with E-state index in [0.717, 1.165) is 60.9 Å². The minimum Gasteiger partial charge on any atom is -0.355 e. The first kappa shape index (κ1) is 22.5. The number of rotatable bonds is 5. The lowest BCUT2D eigenvalue weighted by Gasteiger charge is -2.48. The van der Waals surface area contributed by atoms with Gasteiger partial charge in [-0.15, -0.1) is 12.4 Å². The predicted octanol–water partition coefficient (Wildman–Crippen LogP) is 5.20. The van der Waals surface area contributed by atoms with Crippen molar-refractivity contribution in [3.05, 3.63) is 66.4 Å². The molecule has 3 heterocycles. The first-order valence-corrected chi connectivity index (χ1v) is 11.1. The first-order valence-electron chi connectivity index (χ1n) is 11.1. The lowest BCUT2D eigenvalue weighted by molar-refractivity contribution is 0.126. The zero-order valence-corrected chi connectivity index (χ0v) is 19.1. The van der Waals surface area contributed by atoms with Crippen molar-refractivity contribution in [2.24, 2.45) is 5.41 Å². The van der Waals surface area contributed by atoms with Crippen LogP contribution in [0.2, 0.25) is 0 Å². The molecule has 2 fully saturated rings. The average molecular weight is 454 g/mol. The van der Waals surface area contributed by atoms with E-state index in [1.807, 2.05) is 18.3 Å². The van der Waals surface area contributed by atoms with Crippen molar-refractivity contribution in [1.82, 2.24) is 15.3 Å². The molecule has 0 radical (unpaired) electrons. The fourth-order valence-corrected chi connectivity index (χ4v) is 4.77. The Morgan fingerprint density at radius 3 is 2.56 bits per heavy atom. The van der Waals surface area contributed by atoms with Gasteiger partial charge in [0.25, 0.3) is 0 Å². The maximum absolute atomic E-state index is 14.2. The minimum absolute atomic E-state index is 0. The van der Waals surface area contributed by atoms with E-state index in [1.54, 1.807) is 18.5 Å². The molecular weight excluding hydrogens is 425 g/mol. The van der Waals surface area contributed by atoms with Crippen molar-refractivity contribution in [3.63, 3.8) is 0 Å². The summed E-state index contributed by atoms with van der Waals surface area (Å²) in [5, 5.41) is 6.94. The van der Waals surface area contributed by atoms with Crippen LogP contribution in [-0.2, 0) is 6.42 Å². The Morgan fingerprint density at radius 2 is 1.84 bits per heavy atom. The molecule has 0 atom stereocenters. The van der Waals surface area contributed by atoms with Gasteiger partial charge in [0.05, 0.1) is 6.20 Å². The van der Waals surface area contributed by atoms with Gasteiger partial charge >= 0.3 is 0 Å². The third-order valence-electron chi connectivity index (χ3n) is 6.75. The molecular formula is C25H29ClFN5. The fourth-order valence-electron chi connectivity index (χ4n) is 4.77. The molecule has 5 rings (SSSR count). The van der Waals surface area contributed by atoms with Crippen LogP contribution in [0.15, 0.2) is 55.0 Å². The van der Waals surface area contributed by atoms with Gasteiger partial charge in [-0.25, -0.2) is 14.4 Å². The molecule has 2 aliphatic rings. The van der Waals surface area contributed by atoms with Gasteiger partial charge < -0.3 is 15.5 Å². The van der Waals surface area contributed by atoms with Crippen LogP contribution >= 0.6 is 12.4 Å². The molecule has 5 nitrogen and oxygen atoms in total. The van der Waals surface area contributed by atoms with Crippen molar-refractivity contribution in [1.29, 1.82) is 0 Å². The molecule has 2 N–H and O–H groups in total. The van der Waals surface area contributed by atoms with Gasteiger partial charge in [0.2, 0.25) is 0 Å². The second kappa shape index (κ2) is 9.43. The van der Waals surface area contributed by atoms with Gasteiger partial charge in [-0.2, -0.15) is 0 Å². The number of anilines is 3. The maximum Gasteiger partial charge on any atom is 0.155 e. The number of piperidine rings is 1. The molecule has 1 spiro atoms. The van der Waals surface area contributed by atoms with Gasteiger partial charge in [0.1, 0.15) is 17.8 Å². The number of aryl methyl sites for hydroxylation is 1. The Balaban J connectivity index is 0.00000245. The van der Waals surface area contributed by atoms with E-state index >= 15 is 0 Å². The van der Waals surface area contributed by atoms with Gasteiger partial charge in [0, 0.05) is 37.4 Å². The van der Waals surface area contributed by atoms with Crippen LogP contribution in [0.5, 0.6) is 0 Å². The average Bonchev–Trinajstić information content (AvgIpc) is 2.79. The highest BCUT2D eigenvalue weighted by Crippen LogP contribution is 2.39. The number of hydrogen-bond acceptors (Lipinski definition) is 5. The quantitative estimate of drug-likeness (QED) is 0.556. The highest BCUT2D eigenvalue weighted by atomic mass is 35.5. The lowest BCUT2D eigenvalue weighted by Crippen LogP contribution is -2.58. The van der Waals surface area contributed by atoms with E-state index in [4.69, 9.17) is 0 Å². The van der Waals surface area contributed by atoms with Crippen molar-refractivity contribution in [3.8, 4) is 11.1 Å². The van der Waals surface area contributed by atoms with E-state index < -0.39 is 0 Å². The van der Waals surface area contributed by atoms with Crippen LogP contribution < -0.4 is 15.5 Å². The van der Waals surface area contributed by atoms with Crippen molar-refractivity contribution < 1.29 is 4.39 Å². The molecule has 0 aliphatic carbocycles. The third-order valence-corrected chi connectivity index (χ3v) is 6.75. The summed E-state index contributed by atoms with van der Waals surface area (Å²) in [5.41, 5.74) is 5.27. The van der Waals surface area contributed by atoms with Crippen molar-refractivity contribution in [2.75, 3.05) is 36.4 Å². The fraction of sp³-hybridized carbons (Fsp3) is 0.360. The molecule has 1 aromatic heterocycles. The standard InChI is InChI=1S/C25H28FN5.ClH/c1-2-18-5-3-4-6-20(18)21-13-19(26)7-8-22(21)30-23-14-27-17-29-24(23)31-11-9-25(10-12-31)15-28-16-25;/h3-8,13-14,17,28,30H,2,9-12,15-16H2,1H3;1H. The van der Waals surface area contributed by atoms with Crippen LogP contribution in [0.3, 0.4) is 0 Å². The van der Waals surface area contributed by atoms with Gasteiger partial charge in [-0.1, -0.05) is 31.2 Å². The molecule has 2 saturated heterocycles. The van der Waals surface area contributed by atoms with E-state index in [9.17, 15) is 4.39 Å². The number of hydrogen-bond donors (Lipinski definition) is 2. The van der Waals surface area contributed by atoms with Crippen LogP contribution in [0.4, 0.5) is 21.6 Å². The molecule has 7 heteroatoms. The Morgan fingerprint density at radius 1 is 1.06 bits per heavy atom. The highest BCUT2D eigenvalue weighted by molar-refractivity contribution is 5.85. The molecule has 0 saturated carbocycles. The minimum atomic E-state index is -0.244. The SMILES string of the molecule is CCc1ccccc1-c1cc(F)ccc1Nc1cncnc1N1CCC2(CC1)CNC2.Cl. The zero-order chi connectivity index (χ0) is 21.3. The summed E-state index contributed by atoms with van der Waals surface area (Å²) in [6.07, 6.45) is 6.66. The summed E-state index contributed by atoms with van der Waals surface area (Å²) in [5.74, 6) is 0.669. The smallest absolute Gasteiger partial charge is 0.155 e. The molecule has 168 valence electrons. The summed E-state index contributed by atoms with van der Waals surface area (Å²) in [6, 6.07) is 13.1. The number of halogens is 2.